The molecule has 0 aliphatic carbocycles. The second-order valence-corrected chi connectivity index (χ2v) is 8.54. The van der Waals surface area contributed by atoms with Gasteiger partial charge in [0.15, 0.2) is 0 Å². The molecule has 1 N–H and O–H groups in total. The van der Waals surface area contributed by atoms with Crippen LogP contribution in [-0.4, -0.2) is 9.97 Å². The molecule has 0 aliphatic heterocycles. The first-order valence-corrected chi connectivity index (χ1v) is 9.66. The SMILES string of the molecule is Cc1sc2nc(C(C)SCc3ccc(F)cc3Cl)[nH]c(=O)c2c1C. The number of thioether (sulfide) groups is 1. The smallest absolute Gasteiger partial charge is 0.259 e. The molecule has 2 heterocycles. The molecule has 1 unspecified atom stereocenters. The molecular weight excluding hydrogens is 367 g/mol. The van der Waals surface area contributed by atoms with Gasteiger partial charge >= 0.3 is 0 Å². The summed E-state index contributed by atoms with van der Waals surface area (Å²) >= 11 is 9.19. The van der Waals surface area contributed by atoms with E-state index in [0.717, 1.165) is 20.8 Å². The number of aromatic nitrogens is 2. The molecular formula is C17H16ClFN2OS2. The average molecular weight is 383 g/mol. The van der Waals surface area contributed by atoms with Crippen LogP contribution in [0.5, 0.6) is 0 Å². The molecule has 126 valence electrons. The molecule has 3 rings (SSSR count). The van der Waals surface area contributed by atoms with Gasteiger partial charge in [-0.05, 0) is 44.0 Å². The summed E-state index contributed by atoms with van der Waals surface area (Å²) in [6.07, 6.45) is 0. The molecule has 3 aromatic rings. The van der Waals surface area contributed by atoms with Gasteiger partial charge < -0.3 is 4.98 Å². The lowest BCUT2D eigenvalue weighted by atomic mass is 10.2. The van der Waals surface area contributed by atoms with E-state index in [-0.39, 0.29) is 16.6 Å². The zero-order chi connectivity index (χ0) is 17.4. The van der Waals surface area contributed by atoms with Gasteiger partial charge in [0, 0.05) is 15.7 Å². The van der Waals surface area contributed by atoms with Gasteiger partial charge in [0.05, 0.1) is 10.6 Å². The van der Waals surface area contributed by atoms with E-state index in [1.165, 1.54) is 23.5 Å². The molecule has 1 aromatic carbocycles. The third-order valence-corrected chi connectivity index (χ3v) is 6.60. The van der Waals surface area contributed by atoms with Crippen molar-refractivity contribution in [3.8, 4) is 0 Å². The third-order valence-electron chi connectivity index (χ3n) is 3.95. The summed E-state index contributed by atoms with van der Waals surface area (Å²) in [4.78, 5) is 21.7. The van der Waals surface area contributed by atoms with Crippen molar-refractivity contribution in [3.63, 3.8) is 0 Å². The molecule has 24 heavy (non-hydrogen) atoms. The molecule has 0 bridgehead atoms. The van der Waals surface area contributed by atoms with Gasteiger partial charge in [-0.2, -0.15) is 0 Å². The van der Waals surface area contributed by atoms with E-state index in [1.807, 2.05) is 20.8 Å². The van der Waals surface area contributed by atoms with Gasteiger partial charge in [0.2, 0.25) is 0 Å². The van der Waals surface area contributed by atoms with Crippen molar-refractivity contribution in [2.45, 2.75) is 31.8 Å². The summed E-state index contributed by atoms with van der Waals surface area (Å²) in [7, 11) is 0. The van der Waals surface area contributed by atoms with E-state index >= 15 is 0 Å². The minimum atomic E-state index is -0.346. The van der Waals surface area contributed by atoms with Gasteiger partial charge in [-0.1, -0.05) is 17.7 Å². The molecule has 0 radical (unpaired) electrons. The first-order valence-electron chi connectivity index (χ1n) is 7.42. The lowest BCUT2D eigenvalue weighted by Gasteiger charge is -2.11. The molecule has 7 heteroatoms. The zero-order valence-electron chi connectivity index (χ0n) is 13.4. The second kappa shape index (κ2) is 6.86. The van der Waals surface area contributed by atoms with Crippen LogP contribution >= 0.6 is 34.7 Å². The highest BCUT2D eigenvalue weighted by atomic mass is 35.5. The van der Waals surface area contributed by atoms with E-state index in [4.69, 9.17) is 11.6 Å². The Balaban J connectivity index is 1.83. The van der Waals surface area contributed by atoms with E-state index in [1.54, 1.807) is 17.8 Å². The number of halogens is 2. The molecule has 0 spiro atoms. The molecule has 2 aromatic heterocycles. The van der Waals surface area contributed by atoms with Crippen molar-refractivity contribution in [1.29, 1.82) is 0 Å². The van der Waals surface area contributed by atoms with Gasteiger partial charge in [-0.15, -0.1) is 23.1 Å². The highest BCUT2D eigenvalue weighted by Gasteiger charge is 2.16. The number of rotatable bonds is 4. The lowest BCUT2D eigenvalue weighted by molar-refractivity contribution is 0.627. The Hall–Kier alpha value is -1.37. The van der Waals surface area contributed by atoms with Crippen LogP contribution in [0.2, 0.25) is 5.02 Å². The Kier molecular flexibility index (Phi) is 4.99. The number of nitrogens with one attached hydrogen (secondary N) is 1. The maximum atomic E-state index is 13.1. The van der Waals surface area contributed by atoms with E-state index in [9.17, 15) is 9.18 Å². The van der Waals surface area contributed by atoms with Crippen LogP contribution in [0, 0.1) is 19.7 Å². The molecule has 0 saturated heterocycles. The number of thiophene rings is 1. The average Bonchev–Trinajstić information content (AvgIpc) is 2.81. The van der Waals surface area contributed by atoms with E-state index in [2.05, 4.69) is 9.97 Å². The van der Waals surface area contributed by atoms with Gasteiger partial charge in [0.25, 0.3) is 5.56 Å². The second-order valence-electron chi connectivity index (χ2n) is 5.60. The van der Waals surface area contributed by atoms with Crippen molar-refractivity contribution >= 4 is 44.9 Å². The first kappa shape index (κ1) is 17.5. The largest absolute Gasteiger partial charge is 0.309 e. The Morgan fingerprint density at radius 3 is 2.88 bits per heavy atom. The zero-order valence-corrected chi connectivity index (χ0v) is 15.8. The van der Waals surface area contributed by atoms with Crippen molar-refractivity contribution < 1.29 is 4.39 Å². The number of hydrogen-bond acceptors (Lipinski definition) is 4. The Labute approximate surface area is 152 Å². The van der Waals surface area contributed by atoms with Crippen molar-refractivity contribution in [2.75, 3.05) is 0 Å². The van der Waals surface area contributed by atoms with Crippen LogP contribution < -0.4 is 5.56 Å². The van der Waals surface area contributed by atoms with Crippen LogP contribution in [-0.2, 0) is 5.75 Å². The molecule has 1 atom stereocenters. The van der Waals surface area contributed by atoms with Crippen LogP contribution in [0.4, 0.5) is 4.39 Å². The highest BCUT2D eigenvalue weighted by Crippen LogP contribution is 2.33. The summed E-state index contributed by atoms with van der Waals surface area (Å²) < 4.78 is 13.1. The van der Waals surface area contributed by atoms with Gasteiger partial charge in [-0.3, -0.25) is 4.79 Å². The quantitative estimate of drug-likeness (QED) is 0.658. The normalized spacial score (nSPS) is 12.7. The van der Waals surface area contributed by atoms with Crippen LogP contribution in [0.15, 0.2) is 23.0 Å². The number of aromatic amines is 1. The number of nitrogens with zero attached hydrogens (tertiary/aromatic N) is 1. The Morgan fingerprint density at radius 1 is 1.42 bits per heavy atom. The van der Waals surface area contributed by atoms with Crippen LogP contribution in [0.1, 0.15) is 34.0 Å². The number of fused-ring (bicyclic) bond motifs is 1. The standard InChI is InChI=1S/C17H16ClFN2OS2/c1-8-9(2)24-17-14(8)16(22)20-15(21-17)10(3)23-7-11-4-5-12(19)6-13(11)18/h4-6,10H,7H2,1-3H3,(H,20,21,22). The van der Waals surface area contributed by atoms with Crippen molar-refractivity contribution in [1.82, 2.24) is 9.97 Å². The van der Waals surface area contributed by atoms with Crippen molar-refractivity contribution in [2.24, 2.45) is 0 Å². The Morgan fingerprint density at radius 2 is 2.17 bits per heavy atom. The minimum Gasteiger partial charge on any atom is -0.309 e. The minimum absolute atomic E-state index is 0.00840. The molecule has 0 saturated carbocycles. The maximum absolute atomic E-state index is 13.1. The number of aryl methyl sites for hydroxylation is 2. The molecule has 3 nitrogen and oxygen atoms in total. The number of H-pyrrole nitrogens is 1. The number of benzene rings is 1. The molecule has 0 aliphatic rings. The van der Waals surface area contributed by atoms with E-state index in [0.29, 0.717) is 22.0 Å². The lowest BCUT2D eigenvalue weighted by Crippen LogP contribution is -2.12. The predicted molar refractivity (Wildman–Crippen MR) is 101 cm³/mol. The molecule has 0 amide bonds. The number of hydrogen-bond donors (Lipinski definition) is 1. The summed E-state index contributed by atoms with van der Waals surface area (Å²) in [5.74, 6) is 0.920. The maximum Gasteiger partial charge on any atom is 0.259 e. The summed E-state index contributed by atoms with van der Waals surface area (Å²) in [5.41, 5.74) is 1.76. The van der Waals surface area contributed by atoms with Crippen LogP contribution in [0.25, 0.3) is 10.2 Å². The topological polar surface area (TPSA) is 45.8 Å². The predicted octanol–water partition coefficient (Wildman–Crippen LogP) is 5.39. The first-order chi connectivity index (χ1) is 11.4. The third kappa shape index (κ3) is 3.36. The van der Waals surface area contributed by atoms with Gasteiger partial charge in [0.1, 0.15) is 16.5 Å². The fourth-order valence-corrected chi connectivity index (χ4v) is 4.70. The van der Waals surface area contributed by atoms with Crippen molar-refractivity contribution in [3.05, 3.63) is 61.2 Å². The fourth-order valence-electron chi connectivity index (χ4n) is 2.40. The summed E-state index contributed by atoms with van der Waals surface area (Å²) in [5, 5.41) is 1.09. The monoisotopic (exact) mass is 382 g/mol. The van der Waals surface area contributed by atoms with E-state index < -0.39 is 0 Å². The Bertz CT molecular complexity index is 967. The summed E-state index contributed by atoms with van der Waals surface area (Å²) in [6, 6.07) is 4.39. The molecule has 0 fully saturated rings. The fraction of sp³-hybridized carbons (Fsp3) is 0.294. The highest BCUT2D eigenvalue weighted by molar-refractivity contribution is 7.98. The van der Waals surface area contributed by atoms with Crippen LogP contribution in [0.3, 0.4) is 0 Å². The summed E-state index contributed by atoms with van der Waals surface area (Å²) in [6.45, 7) is 5.93. The van der Waals surface area contributed by atoms with Gasteiger partial charge in [-0.25, -0.2) is 9.37 Å².